The summed E-state index contributed by atoms with van der Waals surface area (Å²) in [5.41, 5.74) is 2.08. The number of rotatable bonds is 5. The van der Waals surface area contributed by atoms with E-state index < -0.39 is 10.1 Å². The number of benzene rings is 1. The molecule has 90 valence electrons. The van der Waals surface area contributed by atoms with Gasteiger partial charge in [-0.05, 0) is 36.6 Å². The second kappa shape index (κ2) is 5.32. The molecule has 4 nitrogen and oxygen atoms in total. The predicted octanol–water partition coefficient (Wildman–Crippen LogP) is 1.52. The van der Waals surface area contributed by atoms with Crippen LogP contribution in [-0.4, -0.2) is 28.4 Å². The lowest BCUT2D eigenvalue weighted by Crippen LogP contribution is -2.06. The van der Waals surface area contributed by atoms with Crippen molar-refractivity contribution in [3.05, 3.63) is 29.3 Å². The van der Waals surface area contributed by atoms with Gasteiger partial charge in [0.15, 0.2) is 0 Å². The van der Waals surface area contributed by atoms with Crippen LogP contribution in [-0.2, 0) is 20.7 Å². The first-order valence-corrected chi connectivity index (χ1v) is 6.71. The maximum atomic E-state index is 10.8. The van der Waals surface area contributed by atoms with Gasteiger partial charge in [-0.3, -0.25) is 4.18 Å². The molecule has 0 saturated heterocycles. The lowest BCUT2D eigenvalue weighted by atomic mass is 10.1. The molecular formula is C11H16O4S. The molecule has 0 spiro atoms. The molecule has 0 N–H and O–H groups in total. The molecule has 0 bridgehead atoms. The van der Waals surface area contributed by atoms with E-state index in [9.17, 15) is 8.42 Å². The zero-order chi connectivity index (χ0) is 12.2. The molecule has 0 atom stereocenters. The van der Waals surface area contributed by atoms with Crippen LogP contribution in [0.25, 0.3) is 0 Å². The molecule has 1 rings (SSSR count). The van der Waals surface area contributed by atoms with Gasteiger partial charge in [0.2, 0.25) is 0 Å². The number of ether oxygens (including phenoxy) is 1. The van der Waals surface area contributed by atoms with Gasteiger partial charge in [0.1, 0.15) is 5.75 Å². The quantitative estimate of drug-likeness (QED) is 0.737. The molecule has 0 heterocycles. The molecule has 0 aromatic heterocycles. The summed E-state index contributed by atoms with van der Waals surface area (Å²) < 4.78 is 31.3. The van der Waals surface area contributed by atoms with Crippen LogP contribution in [0.4, 0.5) is 0 Å². The highest BCUT2D eigenvalue weighted by molar-refractivity contribution is 7.85. The average Bonchev–Trinajstić information content (AvgIpc) is 2.14. The predicted molar refractivity (Wildman–Crippen MR) is 62.2 cm³/mol. The van der Waals surface area contributed by atoms with Gasteiger partial charge in [-0.1, -0.05) is 6.07 Å². The lowest BCUT2D eigenvalue weighted by molar-refractivity contribution is 0.325. The summed E-state index contributed by atoms with van der Waals surface area (Å²) in [6.45, 7) is 2.12. The van der Waals surface area contributed by atoms with Crippen molar-refractivity contribution in [1.29, 1.82) is 0 Å². The highest BCUT2D eigenvalue weighted by Gasteiger charge is 2.03. The molecule has 0 radical (unpaired) electrons. The average molecular weight is 244 g/mol. The molecule has 0 aliphatic heterocycles. The van der Waals surface area contributed by atoms with Crippen LogP contribution in [0.2, 0.25) is 0 Å². The number of aryl methyl sites for hydroxylation is 1. The number of methoxy groups -OCH3 is 1. The Labute approximate surface area is 96.3 Å². The largest absolute Gasteiger partial charge is 0.497 e. The maximum absolute atomic E-state index is 10.8. The normalized spacial score (nSPS) is 11.4. The second-order valence-electron chi connectivity index (χ2n) is 3.63. The molecule has 5 heteroatoms. The van der Waals surface area contributed by atoms with E-state index in [0.717, 1.165) is 23.1 Å². The minimum absolute atomic E-state index is 0.158. The Balaban J connectivity index is 2.63. The van der Waals surface area contributed by atoms with Gasteiger partial charge in [-0.2, -0.15) is 8.42 Å². The fourth-order valence-corrected chi connectivity index (χ4v) is 1.78. The lowest BCUT2D eigenvalue weighted by Gasteiger charge is -2.06. The number of hydrogen-bond donors (Lipinski definition) is 0. The van der Waals surface area contributed by atoms with Crippen molar-refractivity contribution in [2.75, 3.05) is 20.0 Å². The van der Waals surface area contributed by atoms with Crippen molar-refractivity contribution in [2.24, 2.45) is 0 Å². The summed E-state index contributed by atoms with van der Waals surface area (Å²) in [7, 11) is -1.75. The van der Waals surface area contributed by atoms with Crippen molar-refractivity contribution >= 4 is 10.1 Å². The summed E-state index contributed by atoms with van der Waals surface area (Å²) in [4.78, 5) is 0. The Kier molecular flexibility index (Phi) is 4.32. The molecule has 0 unspecified atom stereocenters. The molecule has 0 saturated carbocycles. The van der Waals surface area contributed by atoms with E-state index in [1.807, 2.05) is 25.1 Å². The van der Waals surface area contributed by atoms with E-state index in [0.29, 0.717) is 6.42 Å². The van der Waals surface area contributed by atoms with E-state index in [1.165, 1.54) is 0 Å². The van der Waals surface area contributed by atoms with Crippen LogP contribution in [0.3, 0.4) is 0 Å². The second-order valence-corrected chi connectivity index (χ2v) is 5.28. The zero-order valence-electron chi connectivity index (χ0n) is 9.69. The first-order valence-electron chi connectivity index (χ1n) is 4.89. The molecule has 0 fully saturated rings. The Hall–Kier alpha value is -1.07. The zero-order valence-corrected chi connectivity index (χ0v) is 10.5. The standard InChI is InChI=1S/C11H16O4S/c1-9-6-10(8-11(7-9)14-2)4-5-15-16(3,12)13/h6-8H,4-5H2,1-3H3. The van der Waals surface area contributed by atoms with Crippen LogP contribution in [0, 0.1) is 6.92 Å². The molecule has 1 aromatic rings. The molecule has 0 aliphatic carbocycles. The SMILES string of the molecule is COc1cc(C)cc(CCOS(C)(=O)=O)c1. The van der Waals surface area contributed by atoms with Crippen LogP contribution in [0.1, 0.15) is 11.1 Å². The van der Waals surface area contributed by atoms with Crippen LogP contribution >= 0.6 is 0 Å². The van der Waals surface area contributed by atoms with Gasteiger partial charge in [-0.15, -0.1) is 0 Å². The van der Waals surface area contributed by atoms with Crippen LogP contribution in [0.5, 0.6) is 5.75 Å². The van der Waals surface area contributed by atoms with Gasteiger partial charge < -0.3 is 4.74 Å². The van der Waals surface area contributed by atoms with Gasteiger partial charge in [0, 0.05) is 0 Å². The van der Waals surface area contributed by atoms with Crippen molar-refractivity contribution in [3.8, 4) is 5.75 Å². The molecule has 0 amide bonds. The minimum Gasteiger partial charge on any atom is -0.497 e. The van der Waals surface area contributed by atoms with E-state index in [2.05, 4.69) is 4.18 Å². The summed E-state index contributed by atoms with van der Waals surface area (Å²) in [5.74, 6) is 0.773. The summed E-state index contributed by atoms with van der Waals surface area (Å²) in [5, 5.41) is 0. The Morgan fingerprint density at radius 2 is 1.94 bits per heavy atom. The highest BCUT2D eigenvalue weighted by Crippen LogP contribution is 2.16. The first-order chi connectivity index (χ1) is 7.40. The summed E-state index contributed by atoms with van der Waals surface area (Å²) >= 11 is 0. The van der Waals surface area contributed by atoms with Crippen molar-refractivity contribution in [3.63, 3.8) is 0 Å². The van der Waals surface area contributed by atoms with E-state index in [4.69, 9.17) is 4.74 Å². The minimum atomic E-state index is -3.35. The van der Waals surface area contributed by atoms with Crippen LogP contribution in [0.15, 0.2) is 18.2 Å². The van der Waals surface area contributed by atoms with Crippen molar-refractivity contribution in [1.82, 2.24) is 0 Å². The molecule has 0 aliphatic rings. The smallest absolute Gasteiger partial charge is 0.264 e. The first kappa shape index (κ1) is 13.0. The monoisotopic (exact) mass is 244 g/mol. The molecule has 16 heavy (non-hydrogen) atoms. The Morgan fingerprint density at radius 1 is 1.25 bits per heavy atom. The molecule has 1 aromatic carbocycles. The third-order valence-corrected chi connectivity index (χ3v) is 2.63. The van der Waals surface area contributed by atoms with E-state index >= 15 is 0 Å². The highest BCUT2D eigenvalue weighted by atomic mass is 32.2. The van der Waals surface area contributed by atoms with Crippen molar-refractivity contribution in [2.45, 2.75) is 13.3 Å². The van der Waals surface area contributed by atoms with Gasteiger partial charge >= 0.3 is 0 Å². The fraction of sp³-hybridized carbons (Fsp3) is 0.455. The summed E-state index contributed by atoms with van der Waals surface area (Å²) in [6, 6.07) is 5.77. The summed E-state index contributed by atoms with van der Waals surface area (Å²) in [6.07, 6.45) is 1.59. The van der Waals surface area contributed by atoms with Gasteiger partial charge in [0.05, 0.1) is 20.0 Å². The maximum Gasteiger partial charge on any atom is 0.264 e. The van der Waals surface area contributed by atoms with Gasteiger partial charge in [0.25, 0.3) is 10.1 Å². The third kappa shape index (κ3) is 4.63. The molecular weight excluding hydrogens is 228 g/mol. The van der Waals surface area contributed by atoms with Gasteiger partial charge in [-0.25, -0.2) is 0 Å². The Bertz CT molecular complexity index is 451. The van der Waals surface area contributed by atoms with Crippen molar-refractivity contribution < 1.29 is 17.3 Å². The van der Waals surface area contributed by atoms with E-state index in [-0.39, 0.29) is 6.61 Å². The topological polar surface area (TPSA) is 52.6 Å². The Morgan fingerprint density at radius 3 is 2.50 bits per heavy atom. The van der Waals surface area contributed by atoms with Crippen LogP contribution < -0.4 is 4.74 Å². The number of hydrogen-bond acceptors (Lipinski definition) is 4. The third-order valence-electron chi connectivity index (χ3n) is 2.03. The fourth-order valence-electron chi connectivity index (χ4n) is 1.40. The van der Waals surface area contributed by atoms with E-state index in [1.54, 1.807) is 7.11 Å².